The lowest BCUT2D eigenvalue weighted by atomic mass is 10.2. The summed E-state index contributed by atoms with van der Waals surface area (Å²) < 4.78 is 2.14. The molecule has 0 saturated heterocycles. The Hall–Kier alpha value is -3.14. The summed E-state index contributed by atoms with van der Waals surface area (Å²) in [6.07, 6.45) is 5.71. The molecular formula is C25H30IN7. The van der Waals surface area contributed by atoms with Gasteiger partial charge in [0.05, 0.1) is 18.4 Å². The van der Waals surface area contributed by atoms with Crippen molar-refractivity contribution in [2.45, 2.75) is 26.6 Å². The number of nitrogens with one attached hydrogen (secondary N) is 2. The van der Waals surface area contributed by atoms with E-state index >= 15 is 0 Å². The molecule has 0 saturated carbocycles. The number of imidazole rings is 2. The molecule has 0 atom stereocenters. The third-order valence-electron chi connectivity index (χ3n) is 5.16. The molecule has 33 heavy (non-hydrogen) atoms. The maximum Gasteiger partial charge on any atom is 0.194 e. The fraction of sp³-hybridized carbons (Fsp3) is 0.240. The maximum atomic E-state index is 4.83. The van der Waals surface area contributed by atoms with Gasteiger partial charge in [0, 0.05) is 32.5 Å². The average molecular weight is 555 g/mol. The average Bonchev–Trinajstić information content (AvgIpc) is 3.47. The number of hydrogen-bond donors (Lipinski definition) is 2. The highest BCUT2D eigenvalue weighted by Crippen LogP contribution is 2.16. The number of nitrogens with zero attached hydrogens (tertiary/aromatic N) is 5. The van der Waals surface area contributed by atoms with E-state index in [9.17, 15) is 0 Å². The lowest BCUT2D eigenvalue weighted by Gasteiger charge is -2.21. The van der Waals surface area contributed by atoms with Crippen LogP contribution in [0.1, 0.15) is 24.1 Å². The van der Waals surface area contributed by atoms with E-state index in [1.54, 1.807) is 0 Å². The van der Waals surface area contributed by atoms with Crippen LogP contribution in [0.4, 0.5) is 0 Å². The van der Waals surface area contributed by atoms with Crippen molar-refractivity contribution >= 4 is 29.9 Å². The summed E-state index contributed by atoms with van der Waals surface area (Å²) in [7, 11) is 2.02. The fourth-order valence-electron chi connectivity index (χ4n) is 3.54. The molecule has 0 aliphatic heterocycles. The molecule has 0 unspecified atom stereocenters. The third-order valence-corrected chi connectivity index (χ3v) is 5.16. The van der Waals surface area contributed by atoms with Crippen LogP contribution in [-0.4, -0.2) is 44.0 Å². The summed E-state index contributed by atoms with van der Waals surface area (Å²) in [5.41, 5.74) is 3.38. The van der Waals surface area contributed by atoms with Gasteiger partial charge in [-0.3, -0.25) is 0 Å². The van der Waals surface area contributed by atoms with Crippen LogP contribution in [-0.2, 0) is 19.6 Å². The predicted octanol–water partition coefficient (Wildman–Crippen LogP) is 4.54. The van der Waals surface area contributed by atoms with Crippen LogP contribution >= 0.6 is 24.0 Å². The first-order chi connectivity index (χ1) is 15.7. The van der Waals surface area contributed by atoms with E-state index < -0.39 is 0 Å². The predicted molar refractivity (Wildman–Crippen MR) is 143 cm³/mol. The summed E-state index contributed by atoms with van der Waals surface area (Å²) in [6, 6.07) is 20.6. The molecule has 172 valence electrons. The molecule has 2 N–H and O–H groups in total. The summed E-state index contributed by atoms with van der Waals surface area (Å²) >= 11 is 0. The van der Waals surface area contributed by atoms with Gasteiger partial charge in [0.1, 0.15) is 18.2 Å². The molecule has 8 heteroatoms. The van der Waals surface area contributed by atoms with Crippen LogP contribution in [0, 0.1) is 0 Å². The second kappa shape index (κ2) is 12.2. The standard InChI is InChI=1S/C25H29N7.HI/c1-3-26-25(29-17-24-27-14-15-32(24)18-20-10-6-4-7-11-20)31(2)19-23-28-16-22(30-23)21-12-8-5-9-13-21;/h4-16H,3,17-19H2,1-2H3,(H,26,29)(H,28,30);1H. The zero-order valence-corrected chi connectivity index (χ0v) is 21.3. The van der Waals surface area contributed by atoms with Crippen molar-refractivity contribution < 1.29 is 0 Å². The van der Waals surface area contributed by atoms with Gasteiger partial charge in [-0.1, -0.05) is 60.7 Å². The Morgan fingerprint density at radius 3 is 2.52 bits per heavy atom. The van der Waals surface area contributed by atoms with Crippen LogP contribution in [0.2, 0.25) is 0 Å². The number of guanidine groups is 1. The molecule has 0 amide bonds. The Labute approximate surface area is 212 Å². The minimum absolute atomic E-state index is 0. The number of halogens is 1. The number of H-pyrrole nitrogens is 1. The van der Waals surface area contributed by atoms with Gasteiger partial charge in [-0.2, -0.15) is 0 Å². The monoisotopic (exact) mass is 555 g/mol. The number of aromatic amines is 1. The first-order valence-electron chi connectivity index (χ1n) is 10.9. The Morgan fingerprint density at radius 1 is 1.06 bits per heavy atom. The molecule has 0 bridgehead atoms. The first kappa shape index (κ1) is 24.5. The van der Waals surface area contributed by atoms with Crippen molar-refractivity contribution in [1.82, 2.24) is 29.7 Å². The van der Waals surface area contributed by atoms with E-state index in [-0.39, 0.29) is 24.0 Å². The van der Waals surface area contributed by atoms with Gasteiger partial charge in [-0.05, 0) is 18.1 Å². The van der Waals surface area contributed by atoms with Crippen LogP contribution in [0.15, 0.2) is 84.2 Å². The van der Waals surface area contributed by atoms with Crippen molar-refractivity contribution in [1.29, 1.82) is 0 Å². The summed E-state index contributed by atoms with van der Waals surface area (Å²) in [5.74, 6) is 2.64. The summed E-state index contributed by atoms with van der Waals surface area (Å²) in [5, 5.41) is 3.37. The number of hydrogen-bond acceptors (Lipinski definition) is 3. The number of rotatable bonds is 8. The zero-order chi connectivity index (χ0) is 22.2. The minimum atomic E-state index is 0. The van der Waals surface area contributed by atoms with E-state index in [1.807, 2.05) is 49.9 Å². The molecule has 7 nitrogen and oxygen atoms in total. The van der Waals surface area contributed by atoms with Crippen LogP contribution in [0.5, 0.6) is 0 Å². The quantitative estimate of drug-likeness (QED) is 0.190. The Kier molecular flexibility index (Phi) is 9.05. The molecule has 2 aromatic heterocycles. The van der Waals surface area contributed by atoms with Gasteiger partial charge in [0.15, 0.2) is 5.96 Å². The normalized spacial score (nSPS) is 11.2. The summed E-state index contributed by atoms with van der Waals surface area (Å²) in [4.78, 5) is 19.4. The second-order valence-corrected chi connectivity index (χ2v) is 7.59. The highest BCUT2D eigenvalue weighted by atomic mass is 127. The maximum absolute atomic E-state index is 4.83. The number of aromatic nitrogens is 4. The first-order valence-corrected chi connectivity index (χ1v) is 10.9. The van der Waals surface area contributed by atoms with E-state index in [2.05, 4.69) is 73.1 Å². The van der Waals surface area contributed by atoms with Crippen molar-refractivity contribution in [3.05, 3.63) is 96.5 Å². The van der Waals surface area contributed by atoms with Crippen LogP contribution < -0.4 is 5.32 Å². The topological polar surface area (TPSA) is 74.1 Å². The van der Waals surface area contributed by atoms with Gasteiger partial charge in [0.25, 0.3) is 0 Å². The van der Waals surface area contributed by atoms with Crippen LogP contribution in [0.3, 0.4) is 0 Å². The number of aliphatic imine (C=N–C) groups is 1. The largest absolute Gasteiger partial charge is 0.357 e. The molecule has 4 aromatic rings. The smallest absolute Gasteiger partial charge is 0.194 e. The molecule has 0 radical (unpaired) electrons. The molecule has 2 aromatic carbocycles. The van der Waals surface area contributed by atoms with Gasteiger partial charge in [-0.15, -0.1) is 24.0 Å². The molecule has 0 aliphatic rings. The van der Waals surface area contributed by atoms with E-state index in [1.165, 1.54) is 5.56 Å². The number of benzene rings is 2. The zero-order valence-electron chi connectivity index (χ0n) is 19.0. The highest BCUT2D eigenvalue weighted by Gasteiger charge is 2.11. The second-order valence-electron chi connectivity index (χ2n) is 7.59. The SMILES string of the molecule is CCNC(=NCc1nccn1Cc1ccccc1)N(C)Cc1ncc(-c2ccccc2)[nH]1.I. The third kappa shape index (κ3) is 6.67. The van der Waals surface area contributed by atoms with Gasteiger partial charge >= 0.3 is 0 Å². The molecule has 4 rings (SSSR count). The van der Waals surface area contributed by atoms with Crippen molar-refractivity contribution in [3.8, 4) is 11.3 Å². The van der Waals surface area contributed by atoms with Gasteiger partial charge in [-0.25, -0.2) is 15.0 Å². The van der Waals surface area contributed by atoms with E-state index in [0.29, 0.717) is 13.1 Å². The molecular weight excluding hydrogens is 525 g/mol. The van der Waals surface area contributed by atoms with Crippen molar-refractivity contribution in [3.63, 3.8) is 0 Å². The lowest BCUT2D eigenvalue weighted by Crippen LogP contribution is -2.38. The highest BCUT2D eigenvalue weighted by molar-refractivity contribution is 14.0. The fourth-order valence-corrected chi connectivity index (χ4v) is 3.54. The van der Waals surface area contributed by atoms with Crippen molar-refractivity contribution in [2.75, 3.05) is 13.6 Å². The molecule has 0 spiro atoms. The van der Waals surface area contributed by atoms with E-state index in [0.717, 1.165) is 42.0 Å². The minimum Gasteiger partial charge on any atom is -0.357 e. The van der Waals surface area contributed by atoms with Gasteiger partial charge < -0.3 is 19.8 Å². The van der Waals surface area contributed by atoms with E-state index in [4.69, 9.17) is 4.99 Å². The summed E-state index contributed by atoms with van der Waals surface area (Å²) in [6.45, 7) is 4.76. The molecule has 0 aliphatic carbocycles. The van der Waals surface area contributed by atoms with Gasteiger partial charge in [0.2, 0.25) is 0 Å². The lowest BCUT2D eigenvalue weighted by molar-refractivity contribution is 0.463. The molecule has 0 fully saturated rings. The van der Waals surface area contributed by atoms with Crippen molar-refractivity contribution in [2.24, 2.45) is 4.99 Å². The molecule has 2 heterocycles. The Bertz CT molecular complexity index is 1140. The Morgan fingerprint density at radius 2 is 1.79 bits per heavy atom. The Balaban J connectivity index is 0.00000306. The van der Waals surface area contributed by atoms with Crippen LogP contribution in [0.25, 0.3) is 11.3 Å².